The van der Waals surface area contributed by atoms with E-state index in [4.69, 9.17) is 0 Å². The summed E-state index contributed by atoms with van der Waals surface area (Å²) in [6.07, 6.45) is -5.35. The Kier molecular flexibility index (Phi) is 3.94. The van der Waals surface area contributed by atoms with Crippen LogP contribution in [0.25, 0.3) is 6.08 Å². The van der Waals surface area contributed by atoms with Crippen molar-refractivity contribution in [1.29, 1.82) is 0 Å². The summed E-state index contributed by atoms with van der Waals surface area (Å²) in [7, 11) is -4.54. The first kappa shape index (κ1) is 13.0. The highest BCUT2D eigenvalue weighted by molar-refractivity contribution is 7.60. The van der Waals surface area contributed by atoms with Crippen LogP contribution in [0.1, 0.15) is 5.56 Å². The molecule has 6 heteroatoms. The molecule has 0 saturated carbocycles. The average molecular weight is 249 g/mol. The van der Waals surface area contributed by atoms with Crippen molar-refractivity contribution in [3.05, 3.63) is 41.7 Å². The third kappa shape index (κ3) is 5.14. The Morgan fingerprint density at radius 1 is 1.25 bits per heavy atom. The van der Waals surface area contributed by atoms with Crippen LogP contribution in [0.4, 0.5) is 13.2 Å². The minimum atomic E-state index is -4.70. The molecular weight excluding hydrogens is 240 g/mol. The topological polar surface area (TPSA) is 40.1 Å². The molecule has 1 aromatic rings. The van der Waals surface area contributed by atoms with Crippen LogP contribution in [0.3, 0.4) is 0 Å². The number of alkyl halides is 3. The van der Waals surface area contributed by atoms with Crippen molar-refractivity contribution in [3.63, 3.8) is 0 Å². The van der Waals surface area contributed by atoms with Crippen LogP contribution < -0.4 is 4.89 Å². The Labute approximate surface area is 90.9 Å². The summed E-state index contributed by atoms with van der Waals surface area (Å²) in [6.45, 7) is 0. The van der Waals surface area contributed by atoms with Gasteiger partial charge in [-0.05, 0) is 11.4 Å². The summed E-state index contributed by atoms with van der Waals surface area (Å²) >= 11 is 0. The van der Waals surface area contributed by atoms with E-state index in [0.717, 1.165) is 6.08 Å². The average Bonchev–Trinajstić information content (AvgIpc) is 2.13. The molecule has 0 aromatic heterocycles. The molecule has 16 heavy (non-hydrogen) atoms. The van der Waals surface area contributed by atoms with E-state index in [2.05, 4.69) is 0 Å². The fourth-order valence-corrected chi connectivity index (χ4v) is 2.07. The molecule has 0 spiro atoms. The van der Waals surface area contributed by atoms with Gasteiger partial charge in [0.25, 0.3) is 0 Å². The van der Waals surface area contributed by atoms with E-state index >= 15 is 0 Å². The number of hydrogen-bond acceptors (Lipinski definition) is 2. The molecule has 0 heterocycles. The highest BCUT2D eigenvalue weighted by atomic mass is 31.2. The number of halogens is 3. The summed E-state index contributed by atoms with van der Waals surface area (Å²) < 4.78 is 46.7. The van der Waals surface area contributed by atoms with E-state index in [1.165, 1.54) is 0 Å². The molecule has 0 N–H and O–H groups in total. The van der Waals surface area contributed by atoms with E-state index in [1.54, 1.807) is 30.3 Å². The fraction of sp³-hybridized carbons (Fsp3) is 0.200. The van der Waals surface area contributed by atoms with Crippen LogP contribution in [0.5, 0.6) is 0 Å². The summed E-state index contributed by atoms with van der Waals surface area (Å²) in [5.41, 5.74) is 0.542. The largest absolute Gasteiger partial charge is 0.796 e. The summed E-state index contributed by atoms with van der Waals surface area (Å²) in [6, 6.07) is 8.26. The highest BCUT2D eigenvalue weighted by Gasteiger charge is 2.31. The molecule has 0 bridgehead atoms. The van der Waals surface area contributed by atoms with Crippen LogP contribution in [0.2, 0.25) is 0 Å². The second-order valence-corrected chi connectivity index (χ2v) is 5.29. The Bertz CT molecular complexity index is 412. The lowest BCUT2D eigenvalue weighted by molar-refractivity contribution is -0.182. The molecule has 0 radical (unpaired) electrons. The van der Waals surface area contributed by atoms with Crippen LogP contribution in [0.15, 0.2) is 36.1 Å². The Balaban J connectivity index is 2.74. The van der Waals surface area contributed by atoms with Gasteiger partial charge in [0.15, 0.2) is 0 Å². The van der Waals surface area contributed by atoms with Gasteiger partial charge in [-0.15, -0.1) is 0 Å². The second kappa shape index (κ2) is 4.85. The van der Waals surface area contributed by atoms with Crippen molar-refractivity contribution in [3.8, 4) is 0 Å². The maximum absolute atomic E-state index is 11.9. The number of benzene rings is 1. The standard InChI is InChI=1S/C10H10F3O2P/c11-10(12,13)8-16(14,15)7-6-9-4-2-1-3-5-9/h1-7H,8H2,(H,14,15)/p-1. The van der Waals surface area contributed by atoms with Crippen molar-refractivity contribution in [2.24, 2.45) is 0 Å². The number of hydrogen-bond donors (Lipinski definition) is 0. The van der Waals surface area contributed by atoms with Gasteiger partial charge in [0.2, 0.25) is 0 Å². The minimum Gasteiger partial charge on any atom is -0.796 e. The van der Waals surface area contributed by atoms with E-state index in [1.807, 2.05) is 0 Å². The molecule has 0 fully saturated rings. The van der Waals surface area contributed by atoms with Crippen molar-refractivity contribution < 1.29 is 22.6 Å². The minimum absolute atomic E-state index is 0.542. The SMILES string of the molecule is O=P([O-])(C=Cc1ccccc1)CC(F)(F)F. The van der Waals surface area contributed by atoms with Crippen LogP contribution in [-0.4, -0.2) is 12.3 Å². The fourth-order valence-electron chi connectivity index (χ4n) is 1.07. The highest BCUT2D eigenvalue weighted by Crippen LogP contribution is 2.43. The van der Waals surface area contributed by atoms with Gasteiger partial charge in [-0.1, -0.05) is 36.4 Å². The molecule has 0 aliphatic rings. The molecule has 2 nitrogen and oxygen atoms in total. The normalized spacial score (nSPS) is 16.2. The third-order valence-corrected chi connectivity index (χ3v) is 3.10. The predicted molar refractivity (Wildman–Crippen MR) is 54.0 cm³/mol. The van der Waals surface area contributed by atoms with Gasteiger partial charge in [0.05, 0.1) is 6.16 Å². The first-order chi connectivity index (χ1) is 7.29. The molecule has 0 saturated heterocycles. The molecule has 88 valence electrons. The Morgan fingerprint density at radius 2 is 1.81 bits per heavy atom. The molecule has 1 atom stereocenters. The third-order valence-electron chi connectivity index (χ3n) is 1.69. The van der Waals surface area contributed by atoms with Crippen LogP contribution in [0, 0.1) is 0 Å². The van der Waals surface area contributed by atoms with Gasteiger partial charge in [0, 0.05) is 7.37 Å². The molecule has 1 unspecified atom stereocenters. The number of rotatable bonds is 3. The van der Waals surface area contributed by atoms with Crippen molar-refractivity contribution in [2.45, 2.75) is 6.18 Å². The lowest BCUT2D eigenvalue weighted by Crippen LogP contribution is -2.18. The predicted octanol–water partition coefficient (Wildman–Crippen LogP) is 2.86. The van der Waals surface area contributed by atoms with Gasteiger partial charge in [-0.2, -0.15) is 13.2 Å². The monoisotopic (exact) mass is 249 g/mol. The van der Waals surface area contributed by atoms with Gasteiger partial charge in [-0.3, -0.25) is 0 Å². The Hall–Kier alpha value is -1.06. The van der Waals surface area contributed by atoms with E-state index in [-0.39, 0.29) is 0 Å². The van der Waals surface area contributed by atoms with E-state index < -0.39 is 19.7 Å². The zero-order chi connectivity index (χ0) is 12.2. The van der Waals surface area contributed by atoms with Crippen LogP contribution >= 0.6 is 7.37 Å². The molecular formula is C10H9F3O2P-. The van der Waals surface area contributed by atoms with Gasteiger partial charge >= 0.3 is 6.18 Å². The second-order valence-electron chi connectivity index (χ2n) is 3.23. The van der Waals surface area contributed by atoms with Gasteiger partial charge in [-0.25, -0.2) is 0 Å². The summed E-state index contributed by atoms with van der Waals surface area (Å²) in [5, 5.41) is 0. The van der Waals surface area contributed by atoms with Crippen molar-refractivity contribution in [2.75, 3.05) is 6.16 Å². The lowest BCUT2D eigenvalue weighted by atomic mass is 10.2. The molecule has 0 aliphatic carbocycles. The van der Waals surface area contributed by atoms with Crippen molar-refractivity contribution >= 4 is 13.4 Å². The first-order valence-corrected chi connectivity index (χ1v) is 6.27. The van der Waals surface area contributed by atoms with Crippen LogP contribution in [-0.2, 0) is 4.57 Å². The summed E-state index contributed by atoms with van der Waals surface area (Å²) in [5.74, 6) is 0.607. The zero-order valence-electron chi connectivity index (χ0n) is 8.15. The van der Waals surface area contributed by atoms with E-state index in [0.29, 0.717) is 11.4 Å². The maximum Gasteiger partial charge on any atom is 0.394 e. The first-order valence-electron chi connectivity index (χ1n) is 4.39. The smallest absolute Gasteiger partial charge is 0.394 e. The molecule has 1 rings (SSSR count). The van der Waals surface area contributed by atoms with Gasteiger partial charge < -0.3 is 9.46 Å². The quantitative estimate of drug-likeness (QED) is 0.773. The molecule has 0 amide bonds. The van der Waals surface area contributed by atoms with Gasteiger partial charge in [0.1, 0.15) is 0 Å². The molecule has 1 aromatic carbocycles. The van der Waals surface area contributed by atoms with Crippen molar-refractivity contribution in [1.82, 2.24) is 0 Å². The summed E-state index contributed by atoms with van der Waals surface area (Å²) in [4.78, 5) is 11.0. The molecule has 0 aliphatic heterocycles. The Morgan fingerprint density at radius 3 is 2.31 bits per heavy atom. The van der Waals surface area contributed by atoms with E-state index in [9.17, 15) is 22.6 Å². The lowest BCUT2D eigenvalue weighted by Gasteiger charge is -2.20. The zero-order valence-corrected chi connectivity index (χ0v) is 9.04. The maximum atomic E-state index is 11.9.